The molecule has 0 unspecified atom stereocenters. The molecule has 0 bridgehead atoms. The van der Waals surface area contributed by atoms with Crippen LogP contribution in [0.5, 0.6) is 0 Å². The molecule has 2 rings (SSSR count). The van der Waals surface area contributed by atoms with E-state index in [0.29, 0.717) is 11.3 Å². The number of fused-ring (bicyclic) bond motifs is 1. The number of carbonyl (C=O) groups is 2. The number of amides is 3. The molecule has 0 saturated heterocycles. The molecule has 3 N–H and O–H groups in total. The number of halogens is 1. The highest BCUT2D eigenvalue weighted by Gasteiger charge is 2.26. The minimum absolute atomic E-state index is 0.0126. The molecule has 17 heavy (non-hydrogen) atoms. The molecule has 1 aliphatic rings. The number of benzene rings is 1. The van der Waals surface area contributed by atoms with Crippen molar-refractivity contribution < 1.29 is 19.2 Å². The summed E-state index contributed by atoms with van der Waals surface area (Å²) in [5.74, 6) is -1.18. The highest BCUT2D eigenvalue weighted by Crippen LogP contribution is 2.25. The summed E-state index contributed by atoms with van der Waals surface area (Å²) in [6, 6.07) is 3.84. The minimum atomic E-state index is -0.736. The van der Waals surface area contributed by atoms with Gasteiger partial charge >= 0.3 is 6.03 Å². The van der Waals surface area contributed by atoms with E-state index in [2.05, 4.69) is 5.32 Å². The van der Waals surface area contributed by atoms with E-state index in [9.17, 15) is 14.0 Å². The lowest BCUT2D eigenvalue weighted by Crippen LogP contribution is -2.44. The van der Waals surface area contributed by atoms with Gasteiger partial charge in [-0.05, 0) is 12.1 Å². The standard InChI is InChI=1S/C10H10FN3O3/c11-7-2-1-3-8-6(7)4-14(10(16)12-8)5-9(15)13-17/h1-3,17H,4-5H2,(H,12,16)(H,13,15). The molecular formula is C10H10FN3O3. The predicted octanol–water partition coefficient (Wildman–Crippen LogP) is 0.679. The van der Waals surface area contributed by atoms with Crippen LogP contribution in [0.25, 0.3) is 0 Å². The fourth-order valence-electron chi connectivity index (χ4n) is 1.63. The molecule has 6 nitrogen and oxygen atoms in total. The maximum atomic E-state index is 13.5. The first-order valence-electron chi connectivity index (χ1n) is 4.88. The Bertz CT molecular complexity index is 478. The summed E-state index contributed by atoms with van der Waals surface area (Å²) < 4.78 is 13.5. The lowest BCUT2D eigenvalue weighted by molar-refractivity contribution is -0.129. The topological polar surface area (TPSA) is 81.7 Å². The lowest BCUT2D eigenvalue weighted by atomic mass is 10.1. The van der Waals surface area contributed by atoms with Gasteiger partial charge in [0.15, 0.2) is 0 Å². The summed E-state index contributed by atoms with van der Waals surface area (Å²) in [6.07, 6.45) is 0. The maximum Gasteiger partial charge on any atom is 0.322 e. The van der Waals surface area contributed by atoms with Crippen molar-refractivity contribution in [2.24, 2.45) is 0 Å². The summed E-state index contributed by atoms with van der Waals surface area (Å²) in [5.41, 5.74) is 2.13. The van der Waals surface area contributed by atoms with Gasteiger partial charge in [0.1, 0.15) is 12.4 Å². The molecule has 0 saturated carbocycles. The van der Waals surface area contributed by atoms with Crippen LogP contribution in [0.4, 0.5) is 14.9 Å². The molecule has 1 aliphatic heterocycles. The average Bonchev–Trinajstić information content (AvgIpc) is 2.31. The van der Waals surface area contributed by atoms with E-state index >= 15 is 0 Å². The van der Waals surface area contributed by atoms with Crippen molar-refractivity contribution in [3.8, 4) is 0 Å². The van der Waals surface area contributed by atoms with Crippen LogP contribution in [-0.2, 0) is 11.3 Å². The number of hydroxylamine groups is 1. The number of hydrogen-bond acceptors (Lipinski definition) is 3. The summed E-state index contributed by atoms with van der Waals surface area (Å²) in [5, 5.41) is 10.8. The Labute approximate surface area is 96.0 Å². The van der Waals surface area contributed by atoms with Gasteiger partial charge in [-0.15, -0.1) is 0 Å². The van der Waals surface area contributed by atoms with Gasteiger partial charge in [0.2, 0.25) is 0 Å². The van der Waals surface area contributed by atoms with Crippen LogP contribution in [0.2, 0.25) is 0 Å². The first kappa shape index (κ1) is 11.3. The van der Waals surface area contributed by atoms with Crippen LogP contribution >= 0.6 is 0 Å². The van der Waals surface area contributed by atoms with E-state index in [1.807, 2.05) is 0 Å². The molecule has 90 valence electrons. The molecule has 1 aromatic carbocycles. The zero-order valence-electron chi connectivity index (χ0n) is 8.74. The molecule has 1 aromatic rings. The Hall–Kier alpha value is -2.15. The van der Waals surface area contributed by atoms with Crippen molar-refractivity contribution in [2.75, 3.05) is 11.9 Å². The van der Waals surface area contributed by atoms with E-state index in [0.717, 1.165) is 4.90 Å². The maximum absolute atomic E-state index is 13.5. The van der Waals surface area contributed by atoms with Crippen molar-refractivity contribution in [2.45, 2.75) is 6.54 Å². The van der Waals surface area contributed by atoms with E-state index in [1.165, 1.54) is 17.6 Å². The number of nitrogens with one attached hydrogen (secondary N) is 2. The van der Waals surface area contributed by atoms with E-state index < -0.39 is 17.8 Å². The zero-order chi connectivity index (χ0) is 12.4. The number of hydrogen-bond donors (Lipinski definition) is 3. The quantitative estimate of drug-likeness (QED) is 0.524. The zero-order valence-corrected chi connectivity index (χ0v) is 8.74. The Kier molecular flexibility index (Phi) is 2.92. The summed E-state index contributed by atoms with van der Waals surface area (Å²) in [6.45, 7) is -0.350. The Balaban J connectivity index is 2.23. The monoisotopic (exact) mass is 239 g/mol. The molecule has 0 aromatic heterocycles. The third-order valence-electron chi connectivity index (χ3n) is 2.46. The predicted molar refractivity (Wildman–Crippen MR) is 55.8 cm³/mol. The fourth-order valence-corrected chi connectivity index (χ4v) is 1.63. The Morgan fingerprint density at radius 2 is 2.35 bits per heavy atom. The molecule has 0 spiro atoms. The number of anilines is 1. The molecule has 0 fully saturated rings. The number of urea groups is 1. The first-order chi connectivity index (χ1) is 8.11. The van der Waals surface area contributed by atoms with E-state index in [4.69, 9.17) is 5.21 Å². The van der Waals surface area contributed by atoms with Crippen LogP contribution in [0.1, 0.15) is 5.56 Å². The van der Waals surface area contributed by atoms with Gasteiger partial charge in [-0.3, -0.25) is 10.0 Å². The molecular weight excluding hydrogens is 229 g/mol. The molecule has 0 atom stereocenters. The lowest BCUT2D eigenvalue weighted by Gasteiger charge is -2.28. The summed E-state index contributed by atoms with van der Waals surface area (Å²) in [7, 11) is 0. The SMILES string of the molecule is O=C(CN1Cc2c(F)cccc2NC1=O)NO. The van der Waals surface area contributed by atoms with Gasteiger partial charge in [-0.2, -0.15) is 0 Å². The van der Waals surface area contributed by atoms with E-state index in [-0.39, 0.29) is 13.1 Å². The third kappa shape index (κ3) is 2.18. The van der Waals surface area contributed by atoms with Crippen LogP contribution in [0.15, 0.2) is 18.2 Å². The molecule has 7 heteroatoms. The number of carbonyl (C=O) groups excluding carboxylic acids is 2. The van der Waals surface area contributed by atoms with Crippen molar-refractivity contribution in [1.82, 2.24) is 10.4 Å². The van der Waals surface area contributed by atoms with Gasteiger partial charge in [-0.1, -0.05) is 6.07 Å². The first-order valence-corrected chi connectivity index (χ1v) is 4.88. The Morgan fingerprint density at radius 1 is 1.59 bits per heavy atom. The van der Waals surface area contributed by atoms with Crippen LogP contribution < -0.4 is 10.8 Å². The minimum Gasteiger partial charge on any atom is -0.311 e. The smallest absolute Gasteiger partial charge is 0.311 e. The van der Waals surface area contributed by atoms with Crippen LogP contribution in [-0.4, -0.2) is 28.6 Å². The van der Waals surface area contributed by atoms with Crippen molar-refractivity contribution >= 4 is 17.6 Å². The molecule has 0 aliphatic carbocycles. The largest absolute Gasteiger partial charge is 0.322 e. The fraction of sp³-hybridized carbons (Fsp3) is 0.200. The number of rotatable bonds is 2. The highest BCUT2D eigenvalue weighted by molar-refractivity contribution is 5.94. The van der Waals surface area contributed by atoms with Crippen molar-refractivity contribution in [3.63, 3.8) is 0 Å². The molecule has 3 amide bonds. The van der Waals surface area contributed by atoms with Gasteiger partial charge in [0, 0.05) is 5.56 Å². The highest BCUT2D eigenvalue weighted by atomic mass is 19.1. The second kappa shape index (κ2) is 4.38. The summed E-state index contributed by atoms with van der Waals surface area (Å²) in [4.78, 5) is 23.6. The Morgan fingerprint density at radius 3 is 3.06 bits per heavy atom. The second-order valence-corrected chi connectivity index (χ2v) is 3.59. The van der Waals surface area contributed by atoms with Gasteiger partial charge < -0.3 is 10.2 Å². The normalized spacial score (nSPS) is 14.0. The van der Waals surface area contributed by atoms with Crippen LogP contribution in [0.3, 0.4) is 0 Å². The van der Waals surface area contributed by atoms with E-state index in [1.54, 1.807) is 6.07 Å². The van der Waals surface area contributed by atoms with Gasteiger partial charge in [0.05, 0.1) is 12.2 Å². The van der Waals surface area contributed by atoms with Crippen molar-refractivity contribution in [1.29, 1.82) is 0 Å². The van der Waals surface area contributed by atoms with Gasteiger partial charge in [0.25, 0.3) is 5.91 Å². The van der Waals surface area contributed by atoms with Crippen molar-refractivity contribution in [3.05, 3.63) is 29.6 Å². The second-order valence-electron chi connectivity index (χ2n) is 3.59. The van der Waals surface area contributed by atoms with Crippen LogP contribution in [0, 0.1) is 5.82 Å². The molecule has 0 radical (unpaired) electrons. The third-order valence-corrected chi connectivity index (χ3v) is 2.46. The number of nitrogens with zero attached hydrogens (tertiary/aromatic N) is 1. The van der Waals surface area contributed by atoms with Gasteiger partial charge in [-0.25, -0.2) is 14.7 Å². The average molecular weight is 239 g/mol. The summed E-state index contributed by atoms with van der Waals surface area (Å²) >= 11 is 0. The molecule has 1 heterocycles.